The Morgan fingerprint density at radius 1 is 1.77 bits per heavy atom. The number of carbonyl (C=O) groups excluding carboxylic acids is 1. The van der Waals surface area contributed by atoms with Crippen molar-refractivity contribution in [2.45, 2.75) is 26.7 Å². The van der Waals surface area contributed by atoms with Crippen molar-refractivity contribution in [3.8, 4) is 0 Å². The standard InChI is InChI=1S/C9H13NO2S/c1-4-12-9(11)7(3)8-10-6(2)5-13-8/h5,7H,4H2,1-3H3. The summed E-state index contributed by atoms with van der Waals surface area (Å²) in [4.78, 5) is 15.5. The van der Waals surface area contributed by atoms with E-state index in [9.17, 15) is 4.79 Å². The summed E-state index contributed by atoms with van der Waals surface area (Å²) in [7, 11) is 0. The molecule has 0 saturated carbocycles. The molecular formula is C9H13NO2S. The maximum absolute atomic E-state index is 11.3. The van der Waals surface area contributed by atoms with Crippen LogP contribution in [0.2, 0.25) is 0 Å². The lowest BCUT2D eigenvalue weighted by Crippen LogP contribution is -2.12. The molecule has 0 saturated heterocycles. The van der Waals surface area contributed by atoms with Crippen LogP contribution in [0.4, 0.5) is 0 Å². The topological polar surface area (TPSA) is 39.2 Å². The van der Waals surface area contributed by atoms with Gasteiger partial charge in [0.2, 0.25) is 0 Å². The second-order valence-corrected chi connectivity index (χ2v) is 3.69. The Labute approximate surface area is 81.8 Å². The Morgan fingerprint density at radius 2 is 2.46 bits per heavy atom. The van der Waals surface area contributed by atoms with E-state index >= 15 is 0 Å². The van der Waals surface area contributed by atoms with Crippen molar-refractivity contribution in [2.24, 2.45) is 0 Å². The van der Waals surface area contributed by atoms with E-state index in [-0.39, 0.29) is 11.9 Å². The van der Waals surface area contributed by atoms with Gasteiger partial charge in [0, 0.05) is 11.1 Å². The average Bonchev–Trinajstić information content (AvgIpc) is 2.51. The second-order valence-electron chi connectivity index (χ2n) is 2.80. The van der Waals surface area contributed by atoms with Gasteiger partial charge in [-0.05, 0) is 20.8 Å². The number of aryl methyl sites for hydroxylation is 1. The van der Waals surface area contributed by atoms with Crippen molar-refractivity contribution in [1.82, 2.24) is 4.98 Å². The lowest BCUT2D eigenvalue weighted by molar-refractivity contribution is -0.144. The highest BCUT2D eigenvalue weighted by atomic mass is 32.1. The van der Waals surface area contributed by atoms with Gasteiger partial charge >= 0.3 is 5.97 Å². The summed E-state index contributed by atoms with van der Waals surface area (Å²) in [6.45, 7) is 5.96. The summed E-state index contributed by atoms with van der Waals surface area (Å²) >= 11 is 1.50. The van der Waals surface area contributed by atoms with Crippen LogP contribution in [-0.4, -0.2) is 17.6 Å². The number of hydrogen-bond donors (Lipinski definition) is 0. The van der Waals surface area contributed by atoms with Crippen LogP contribution in [0.5, 0.6) is 0 Å². The minimum Gasteiger partial charge on any atom is -0.465 e. The molecule has 0 amide bonds. The Kier molecular flexibility index (Phi) is 3.42. The summed E-state index contributed by atoms with van der Waals surface area (Å²) in [5, 5.41) is 2.77. The van der Waals surface area contributed by atoms with E-state index < -0.39 is 0 Å². The van der Waals surface area contributed by atoms with Crippen LogP contribution in [0.3, 0.4) is 0 Å². The molecular weight excluding hydrogens is 186 g/mol. The number of aromatic nitrogens is 1. The molecule has 0 N–H and O–H groups in total. The molecule has 13 heavy (non-hydrogen) atoms. The first kappa shape index (κ1) is 10.2. The monoisotopic (exact) mass is 199 g/mol. The molecule has 0 radical (unpaired) electrons. The zero-order valence-corrected chi connectivity index (χ0v) is 8.85. The molecule has 0 aliphatic rings. The Morgan fingerprint density at radius 3 is 2.92 bits per heavy atom. The molecule has 0 spiro atoms. The maximum Gasteiger partial charge on any atom is 0.315 e. The van der Waals surface area contributed by atoms with Gasteiger partial charge in [-0.1, -0.05) is 0 Å². The van der Waals surface area contributed by atoms with E-state index in [1.165, 1.54) is 11.3 Å². The fourth-order valence-electron chi connectivity index (χ4n) is 0.939. The van der Waals surface area contributed by atoms with E-state index in [0.29, 0.717) is 6.61 Å². The van der Waals surface area contributed by atoms with Crippen LogP contribution >= 0.6 is 11.3 Å². The molecule has 0 aliphatic carbocycles. The molecule has 0 aromatic carbocycles. The van der Waals surface area contributed by atoms with Crippen LogP contribution in [0.15, 0.2) is 5.38 Å². The molecule has 0 fully saturated rings. The number of ether oxygens (including phenoxy) is 1. The molecule has 1 heterocycles. The van der Waals surface area contributed by atoms with Crippen LogP contribution in [-0.2, 0) is 9.53 Å². The maximum atomic E-state index is 11.3. The van der Waals surface area contributed by atoms with Crippen LogP contribution in [0.1, 0.15) is 30.5 Å². The predicted molar refractivity (Wildman–Crippen MR) is 51.9 cm³/mol. The molecule has 3 nitrogen and oxygen atoms in total. The van der Waals surface area contributed by atoms with Gasteiger partial charge in [0.1, 0.15) is 10.9 Å². The van der Waals surface area contributed by atoms with Gasteiger partial charge in [0.15, 0.2) is 0 Å². The van der Waals surface area contributed by atoms with Gasteiger partial charge in [0.25, 0.3) is 0 Å². The van der Waals surface area contributed by atoms with Gasteiger partial charge in [-0.2, -0.15) is 0 Å². The van der Waals surface area contributed by atoms with Crippen molar-refractivity contribution >= 4 is 17.3 Å². The molecule has 1 aromatic heterocycles. The number of esters is 1. The van der Waals surface area contributed by atoms with Crippen molar-refractivity contribution in [3.63, 3.8) is 0 Å². The predicted octanol–water partition coefficient (Wildman–Crippen LogP) is 2.12. The largest absolute Gasteiger partial charge is 0.465 e. The zero-order valence-electron chi connectivity index (χ0n) is 8.03. The Hall–Kier alpha value is -0.900. The highest BCUT2D eigenvalue weighted by molar-refractivity contribution is 7.09. The Bertz CT molecular complexity index is 296. The van der Waals surface area contributed by atoms with Crippen molar-refractivity contribution in [3.05, 3.63) is 16.1 Å². The normalized spacial score (nSPS) is 12.5. The summed E-state index contributed by atoms with van der Waals surface area (Å²) in [6, 6.07) is 0. The first-order chi connectivity index (χ1) is 6.15. The highest BCUT2D eigenvalue weighted by Gasteiger charge is 2.18. The molecule has 72 valence electrons. The zero-order chi connectivity index (χ0) is 9.84. The van der Waals surface area contributed by atoms with E-state index in [1.807, 2.05) is 19.2 Å². The summed E-state index contributed by atoms with van der Waals surface area (Å²) in [5.41, 5.74) is 0.955. The number of thiazole rings is 1. The lowest BCUT2D eigenvalue weighted by atomic mass is 10.2. The number of hydrogen-bond acceptors (Lipinski definition) is 4. The molecule has 1 rings (SSSR count). The number of rotatable bonds is 3. The molecule has 0 bridgehead atoms. The van der Waals surface area contributed by atoms with Crippen LogP contribution < -0.4 is 0 Å². The first-order valence-corrected chi connectivity index (χ1v) is 5.11. The molecule has 1 aromatic rings. The Balaban J connectivity index is 2.67. The van der Waals surface area contributed by atoms with Gasteiger partial charge in [0.05, 0.1) is 6.61 Å². The summed E-state index contributed by atoms with van der Waals surface area (Å²) in [6.07, 6.45) is 0. The highest BCUT2D eigenvalue weighted by Crippen LogP contribution is 2.20. The van der Waals surface area contributed by atoms with Crippen molar-refractivity contribution < 1.29 is 9.53 Å². The molecule has 1 unspecified atom stereocenters. The quantitative estimate of drug-likeness (QED) is 0.700. The SMILES string of the molecule is CCOC(=O)C(C)c1nc(C)cs1. The fraction of sp³-hybridized carbons (Fsp3) is 0.556. The minimum atomic E-state index is -0.237. The minimum absolute atomic E-state index is 0.197. The van der Waals surface area contributed by atoms with E-state index in [2.05, 4.69) is 4.98 Å². The third kappa shape index (κ3) is 2.52. The summed E-state index contributed by atoms with van der Waals surface area (Å²) < 4.78 is 4.90. The average molecular weight is 199 g/mol. The lowest BCUT2D eigenvalue weighted by Gasteiger charge is -2.06. The molecule has 0 aliphatic heterocycles. The van der Waals surface area contributed by atoms with Crippen LogP contribution in [0.25, 0.3) is 0 Å². The van der Waals surface area contributed by atoms with Gasteiger partial charge in [-0.3, -0.25) is 4.79 Å². The smallest absolute Gasteiger partial charge is 0.315 e. The van der Waals surface area contributed by atoms with Gasteiger partial charge in [-0.15, -0.1) is 11.3 Å². The fourth-order valence-corrected chi connectivity index (χ4v) is 1.78. The first-order valence-electron chi connectivity index (χ1n) is 4.23. The second kappa shape index (κ2) is 4.37. The van der Waals surface area contributed by atoms with Gasteiger partial charge < -0.3 is 4.74 Å². The number of carbonyl (C=O) groups is 1. The van der Waals surface area contributed by atoms with E-state index in [0.717, 1.165) is 10.7 Å². The summed E-state index contributed by atoms with van der Waals surface area (Å²) in [5.74, 6) is -0.435. The molecule has 1 atom stereocenters. The van der Waals surface area contributed by atoms with Crippen LogP contribution in [0, 0.1) is 6.92 Å². The molecule has 4 heteroatoms. The van der Waals surface area contributed by atoms with Crippen molar-refractivity contribution in [2.75, 3.05) is 6.61 Å². The third-order valence-electron chi connectivity index (χ3n) is 1.65. The third-order valence-corrected chi connectivity index (χ3v) is 2.79. The van der Waals surface area contributed by atoms with Gasteiger partial charge in [-0.25, -0.2) is 4.98 Å². The van der Waals surface area contributed by atoms with E-state index in [1.54, 1.807) is 6.92 Å². The number of nitrogens with zero attached hydrogens (tertiary/aromatic N) is 1. The van der Waals surface area contributed by atoms with Crippen molar-refractivity contribution in [1.29, 1.82) is 0 Å². The van der Waals surface area contributed by atoms with E-state index in [4.69, 9.17) is 4.74 Å².